The van der Waals surface area contributed by atoms with Gasteiger partial charge in [0.05, 0.1) is 5.69 Å². The van der Waals surface area contributed by atoms with Crippen molar-refractivity contribution in [2.75, 3.05) is 13.1 Å². The second-order valence-electron chi connectivity index (χ2n) is 6.13. The fraction of sp³-hybridized carbons (Fsp3) is 0.667. The van der Waals surface area contributed by atoms with E-state index in [0.29, 0.717) is 18.5 Å². The van der Waals surface area contributed by atoms with Crippen LogP contribution in [-0.2, 0) is 11.2 Å². The molecule has 0 bridgehead atoms. The Morgan fingerprint density at radius 2 is 2.27 bits per heavy atom. The lowest BCUT2D eigenvalue weighted by atomic mass is 9.81. The van der Waals surface area contributed by atoms with Crippen molar-refractivity contribution in [1.29, 1.82) is 0 Å². The second-order valence-corrected chi connectivity index (χ2v) is 6.13. The Hall–Kier alpha value is -1.89. The minimum atomic E-state index is -1.12. The van der Waals surface area contributed by atoms with E-state index in [1.807, 2.05) is 13.8 Å². The van der Waals surface area contributed by atoms with Gasteiger partial charge in [-0.25, -0.2) is 4.79 Å². The molecule has 0 aromatic carbocycles. The van der Waals surface area contributed by atoms with Gasteiger partial charge in [0.1, 0.15) is 0 Å². The molecule has 22 heavy (non-hydrogen) atoms. The lowest BCUT2D eigenvalue weighted by molar-refractivity contribution is -0.123. The van der Waals surface area contributed by atoms with E-state index in [1.54, 1.807) is 0 Å². The van der Waals surface area contributed by atoms with Crippen LogP contribution in [0.2, 0.25) is 0 Å². The van der Waals surface area contributed by atoms with Crippen LogP contribution in [0.4, 0.5) is 0 Å². The first-order chi connectivity index (χ1) is 10.5. The highest BCUT2D eigenvalue weighted by Gasteiger charge is 2.28. The molecule has 3 N–H and O–H groups in total. The van der Waals surface area contributed by atoms with Gasteiger partial charge in [-0.15, -0.1) is 0 Å². The minimum Gasteiger partial charge on any atom is -0.475 e. The predicted molar refractivity (Wildman–Crippen MR) is 79.5 cm³/mol. The number of carboxylic acids is 1. The van der Waals surface area contributed by atoms with Gasteiger partial charge in [-0.2, -0.15) is 0 Å². The van der Waals surface area contributed by atoms with Crippen LogP contribution in [0, 0.1) is 11.8 Å². The summed E-state index contributed by atoms with van der Waals surface area (Å²) in [6.07, 6.45) is 2.04. The van der Waals surface area contributed by atoms with Crippen molar-refractivity contribution >= 4 is 11.9 Å². The van der Waals surface area contributed by atoms with Crippen molar-refractivity contribution in [3.05, 3.63) is 17.5 Å². The second kappa shape index (κ2) is 7.40. The third-order valence-electron chi connectivity index (χ3n) is 3.90. The Kier molecular flexibility index (Phi) is 5.54. The highest BCUT2D eigenvalue weighted by atomic mass is 16.5. The number of hydrogen-bond acceptors (Lipinski definition) is 5. The summed E-state index contributed by atoms with van der Waals surface area (Å²) in [4.78, 5) is 22.8. The molecule has 0 spiro atoms. The molecule has 7 heteroatoms. The van der Waals surface area contributed by atoms with E-state index in [-0.39, 0.29) is 29.5 Å². The van der Waals surface area contributed by atoms with Gasteiger partial charge in [0.15, 0.2) is 0 Å². The van der Waals surface area contributed by atoms with Crippen molar-refractivity contribution in [3.63, 3.8) is 0 Å². The molecular weight excluding hydrogens is 286 g/mol. The number of piperidine rings is 1. The van der Waals surface area contributed by atoms with Crippen molar-refractivity contribution in [1.82, 2.24) is 15.8 Å². The average Bonchev–Trinajstić information content (AvgIpc) is 2.89. The van der Waals surface area contributed by atoms with E-state index in [2.05, 4.69) is 15.8 Å². The molecule has 122 valence electrons. The Morgan fingerprint density at radius 1 is 1.50 bits per heavy atom. The molecule has 0 radical (unpaired) electrons. The van der Waals surface area contributed by atoms with Gasteiger partial charge in [0, 0.05) is 18.5 Å². The molecule has 1 saturated heterocycles. The average molecular weight is 309 g/mol. The molecule has 1 aromatic rings. The number of aromatic carboxylic acids is 1. The van der Waals surface area contributed by atoms with Gasteiger partial charge >= 0.3 is 5.97 Å². The van der Waals surface area contributed by atoms with Crippen LogP contribution in [-0.4, -0.2) is 41.3 Å². The van der Waals surface area contributed by atoms with Crippen molar-refractivity contribution in [3.8, 4) is 0 Å². The molecule has 0 saturated carbocycles. The lowest BCUT2D eigenvalue weighted by Crippen LogP contribution is -2.41. The van der Waals surface area contributed by atoms with E-state index in [4.69, 9.17) is 9.63 Å². The van der Waals surface area contributed by atoms with Crippen LogP contribution in [0.1, 0.15) is 42.9 Å². The molecule has 7 nitrogen and oxygen atoms in total. The summed E-state index contributed by atoms with van der Waals surface area (Å²) < 4.78 is 4.79. The quantitative estimate of drug-likeness (QED) is 0.725. The zero-order valence-electron chi connectivity index (χ0n) is 13.0. The van der Waals surface area contributed by atoms with Gasteiger partial charge in [-0.3, -0.25) is 4.79 Å². The number of nitrogens with one attached hydrogen (secondary N) is 2. The Labute approximate surface area is 129 Å². The monoisotopic (exact) mass is 309 g/mol. The Balaban J connectivity index is 1.96. The molecule has 1 aliphatic rings. The topological polar surface area (TPSA) is 104 Å². The number of amides is 1. The highest BCUT2D eigenvalue weighted by molar-refractivity contribution is 5.84. The number of rotatable bonds is 6. The summed E-state index contributed by atoms with van der Waals surface area (Å²) in [5, 5.41) is 18.9. The zero-order chi connectivity index (χ0) is 16.1. The summed E-state index contributed by atoms with van der Waals surface area (Å²) in [5.74, 6) is -0.678. The van der Waals surface area contributed by atoms with Crippen LogP contribution in [0.25, 0.3) is 0 Å². The fourth-order valence-corrected chi connectivity index (χ4v) is 2.88. The molecule has 0 aliphatic carbocycles. The molecule has 1 amide bonds. The van der Waals surface area contributed by atoms with Crippen LogP contribution < -0.4 is 10.6 Å². The first-order valence-corrected chi connectivity index (χ1v) is 7.64. The van der Waals surface area contributed by atoms with Crippen molar-refractivity contribution in [2.45, 2.75) is 39.2 Å². The number of carbonyl (C=O) groups is 2. The fourth-order valence-electron chi connectivity index (χ4n) is 2.88. The third kappa shape index (κ3) is 4.56. The first-order valence-electron chi connectivity index (χ1n) is 7.64. The van der Waals surface area contributed by atoms with E-state index in [9.17, 15) is 9.59 Å². The Morgan fingerprint density at radius 3 is 2.91 bits per heavy atom. The smallest absolute Gasteiger partial charge is 0.374 e. The molecular formula is C15H23N3O4. The van der Waals surface area contributed by atoms with Crippen molar-refractivity contribution in [2.24, 2.45) is 11.8 Å². The summed E-state index contributed by atoms with van der Waals surface area (Å²) in [5.41, 5.74) is 0.625. The number of aromatic nitrogens is 1. The summed E-state index contributed by atoms with van der Waals surface area (Å²) in [6.45, 7) is 5.59. The predicted octanol–water partition coefficient (Wildman–Crippen LogP) is 1.06. The molecule has 2 unspecified atom stereocenters. The standard InChI is InChI=1S/C15H23N3O4/c1-9(2)17-14(19)6-10-3-4-16-8-11(10)5-12-7-13(15(20)21)22-18-12/h7,9-11,16H,3-6,8H2,1-2H3,(H,17,19)(H,20,21). The van der Waals surface area contributed by atoms with E-state index in [0.717, 1.165) is 19.5 Å². The SMILES string of the molecule is CC(C)NC(=O)CC1CCNCC1Cc1cc(C(=O)O)on1. The highest BCUT2D eigenvalue weighted by Crippen LogP contribution is 2.26. The van der Waals surface area contributed by atoms with Crippen molar-refractivity contribution < 1.29 is 19.2 Å². The number of nitrogens with zero attached hydrogens (tertiary/aromatic N) is 1. The lowest BCUT2D eigenvalue weighted by Gasteiger charge is -2.31. The molecule has 1 aliphatic heterocycles. The van der Waals surface area contributed by atoms with E-state index in [1.165, 1.54) is 6.07 Å². The van der Waals surface area contributed by atoms with Gasteiger partial charge < -0.3 is 20.3 Å². The maximum atomic E-state index is 12.0. The van der Waals surface area contributed by atoms with Crippen LogP contribution >= 0.6 is 0 Å². The molecule has 2 rings (SSSR count). The maximum Gasteiger partial charge on any atom is 0.374 e. The number of hydrogen-bond donors (Lipinski definition) is 3. The summed E-state index contributed by atoms with van der Waals surface area (Å²) in [6, 6.07) is 1.60. The van der Waals surface area contributed by atoms with Gasteiger partial charge in [0.25, 0.3) is 0 Å². The number of carboxylic acid groups (broad SMARTS) is 1. The normalized spacial score (nSPS) is 21.8. The minimum absolute atomic E-state index is 0.0678. The van der Waals surface area contributed by atoms with E-state index >= 15 is 0 Å². The number of carbonyl (C=O) groups excluding carboxylic acids is 1. The van der Waals surface area contributed by atoms with Crippen LogP contribution in [0.15, 0.2) is 10.6 Å². The molecule has 2 atom stereocenters. The maximum absolute atomic E-state index is 12.0. The summed E-state index contributed by atoms with van der Waals surface area (Å²) >= 11 is 0. The molecule has 2 heterocycles. The van der Waals surface area contributed by atoms with Crippen LogP contribution in [0.5, 0.6) is 0 Å². The Bertz CT molecular complexity index is 527. The summed E-state index contributed by atoms with van der Waals surface area (Å²) in [7, 11) is 0. The third-order valence-corrected chi connectivity index (χ3v) is 3.90. The zero-order valence-corrected chi connectivity index (χ0v) is 13.0. The molecule has 1 fully saturated rings. The van der Waals surface area contributed by atoms with E-state index < -0.39 is 5.97 Å². The van der Waals surface area contributed by atoms with Crippen LogP contribution in [0.3, 0.4) is 0 Å². The van der Waals surface area contributed by atoms with Gasteiger partial charge in [0.2, 0.25) is 11.7 Å². The largest absolute Gasteiger partial charge is 0.475 e. The van der Waals surface area contributed by atoms with Gasteiger partial charge in [-0.05, 0) is 51.6 Å². The molecule has 1 aromatic heterocycles. The first kappa shape index (κ1) is 16.5. The van der Waals surface area contributed by atoms with Gasteiger partial charge in [-0.1, -0.05) is 5.16 Å².